The molecule has 2 saturated heterocycles. The van der Waals surface area contributed by atoms with E-state index in [1.165, 1.54) is 22.6 Å². The topological polar surface area (TPSA) is 108 Å². The first-order chi connectivity index (χ1) is 16.4. The molecule has 180 valence electrons. The third-order valence-electron chi connectivity index (χ3n) is 6.27. The van der Waals surface area contributed by atoms with Crippen molar-refractivity contribution in [2.75, 3.05) is 50.8 Å². The number of anilines is 1. The summed E-state index contributed by atoms with van der Waals surface area (Å²) in [5.74, 6) is -1.98. The van der Waals surface area contributed by atoms with Crippen LogP contribution < -0.4 is 10.3 Å². The smallest absolute Gasteiger partial charge is 0.409 e. The second-order valence-electron chi connectivity index (χ2n) is 8.31. The molecule has 0 atom stereocenters. The lowest BCUT2D eigenvalue weighted by atomic mass is 10.1. The number of aromatic carboxylic acids is 1. The van der Waals surface area contributed by atoms with Crippen LogP contribution in [0.15, 0.2) is 27.1 Å². The third kappa shape index (κ3) is 3.75. The number of aromatic nitrogens is 1. The predicted molar refractivity (Wildman–Crippen MR) is 125 cm³/mol. The molecule has 1 aromatic heterocycles. The Morgan fingerprint density at radius 2 is 1.85 bits per heavy atom. The van der Waals surface area contributed by atoms with E-state index in [1.54, 1.807) is 11.8 Å². The highest BCUT2D eigenvalue weighted by atomic mass is 32.2. The normalized spacial score (nSPS) is 17.8. The van der Waals surface area contributed by atoms with Gasteiger partial charge in [0, 0.05) is 45.5 Å². The van der Waals surface area contributed by atoms with Gasteiger partial charge in [0.05, 0.1) is 28.1 Å². The summed E-state index contributed by atoms with van der Waals surface area (Å²) in [6.45, 7) is 5.17. The van der Waals surface area contributed by atoms with Gasteiger partial charge in [-0.05, 0) is 37.6 Å². The minimum absolute atomic E-state index is 0.0157. The number of carboxylic acids is 1. The van der Waals surface area contributed by atoms with Gasteiger partial charge >= 0.3 is 12.1 Å². The molecule has 1 aromatic carbocycles. The van der Waals surface area contributed by atoms with Crippen LogP contribution in [0.4, 0.5) is 14.9 Å². The fourth-order valence-electron chi connectivity index (χ4n) is 4.59. The van der Waals surface area contributed by atoms with E-state index in [1.807, 2.05) is 4.90 Å². The molecule has 2 fully saturated rings. The van der Waals surface area contributed by atoms with Gasteiger partial charge < -0.3 is 24.5 Å². The molecule has 0 saturated carbocycles. The molecular formula is C22H24FN5O5S. The van der Waals surface area contributed by atoms with Crippen molar-refractivity contribution >= 4 is 45.6 Å². The molecule has 3 aliphatic rings. The number of rotatable bonds is 3. The van der Waals surface area contributed by atoms with Gasteiger partial charge in [-0.2, -0.15) is 0 Å². The quantitative estimate of drug-likeness (QED) is 0.701. The zero-order chi connectivity index (χ0) is 24.0. The van der Waals surface area contributed by atoms with Crippen LogP contribution in [-0.2, 0) is 4.74 Å². The Morgan fingerprint density at radius 1 is 1.15 bits per heavy atom. The van der Waals surface area contributed by atoms with Crippen molar-refractivity contribution in [1.29, 1.82) is 0 Å². The van der Waals surface area contributed by atoms with Gasteiger partial charge in [0.25, 0.3) is 0 Å². The van der Waals surface area contributed by atoms with Crippen molar-refractivity contribution in [3.8, 4) is 0 Å². The number of amides is 1. The van der Waals surface area contributed by atoms with Gasteiger partial charge in [-0.3, -0.25) is 4.79 Å². The minimum atomic E-state index is -1.38. The van der Waals surface area contributed by atoms with Gasteiger partial charge in [-0.1, -0.05) is 0 Å². The lowest BCUT2D eigenvalue weighted by Crippen LogP contribution is -2.49. The molecule has 3 aliphatic heterocycles. The molecule has 0 aliphatic carbocycles. The van der Waals surface area contributed by atoms with Crippen LogP contribution in [0.3, 0.4) is 0 Å². The number of benzene rings is 1. The summed E-state index contributed by atoms with van der Waals surface area (Å²) >= 11 is 1.30. The van der Waals surface area contributed by atoms with Crippen LogP contribution in [0, 0.1) is 5.82 Å². The molecule has 1 N–H and O–H groups in total. The van der Waals surface area contributed by atoms with Crippen LogP contribution in [0.2, 0.25) is 0 Å². The molecule has 0 spiro atoms. The molecule has 2 aromatic rings. The number of carbonyl (C=O) groups is 2. The number of amidine groups is 1. The maximum atomic E-state index is 15.6. The molecule has 0 radical (unpaired) electrons. The van der Waals surface area contributed by atoms with E-state index in [0.29, 0.717) is 47.4 Å². The van der Waals surface area contributed by atoms with Gasteiger partial charge in [0.15, 0.2) is 5.17 Å². The monoisotopic (exact) mass is 489 g/mol. The minimum Gasteiger partial charge on any atom is -0.477 e. The summed E-state index contributed by atoms with van der Waals surface area (Å²) in [5.41, 5.74) is -0.459. The average Bonchev–Trinajstić information content (AvgIpc) is 3.36. The Kier molecular flexibility index (Phi) is 5.84. The number of hydrogen-bond donors (Lipinski definition) is 1. The summed E-state index contributed by atoms with van der Waals surface area (Å²) < 4.78 is 22.1. The summed E-state index contributed by atoms with van der Waals surface area (Å²) in [4.78, 5) is 42.7. The number of nitrogens with zero attached hydrogens (tertiary/aromatic N) is 5. The van der Waals surface area contributed by atoms with Crippen LogP contribution in [-0.4, -0.2) is 82.7 Å². The summed E-state index contributed by atoms with van der Waals surface area (Å²) in [7, 11) is 0. The van der Waals surface area contributed by atoms with Gasteiger partial charge in [-0.15, -0.1) is 5.10 Å². The molecule has 0 unspecified atom stereocenters. The molecule has 1 amide bonds. The predicted octanol–water partition coefficient (Wildman–Crippen LogP) is 2.44. The lowest BCUT2D eigenvalue weighted by Gasteiger charge is -2.37. The summed E-state index contributed by atoms with van der Waals surface area (Å²) in [6, 6.07) is 1.11. The van der Waals surface area contributed by atoms with E-state index in [9.17, 15) is 19.5 Å². The van der Waals surface area contributed by atoms with E-state index in [-0.39, 0.29) is 12.0 Å². The van der Waals surface area contributed by atoms with E-state index in [2.05, 4.69) is 10.0 Å². The second kappa shape index (κ2) is 8.82. The number of carbonyl (C=O) groups excluding carboxylic acids is 1. The molecule has 5 rings (SSSR count). The van der Waals surface area contributed by atoms with E-state index in [0.717, 1.165) is 32.0 Å². The van der Waals surface area contributed by atoms with Crippen molar-refractivity contribution in [3.63, 3.8) is 0 Å². The fraction of sp³-hybridized carbons (Fsp3) is 0.455. The number of pyridine rings is 1. The highest BCUT2D eigenvalue weighted by Gasteiger charge is 2.32. The fourth-order valence-corrected chi connectivity index (χ4v) is 5.83. The molecule has 34 heavy (non-hydrogen) atoms. The van der Waals surface area contributed by atoms with Crippen molar-refractivity contribution in [2.45, 2.75) is 24.7 Å². The first-order valence-electron chi connectivity index (χ1n) is 11.2. The zero-order valence-electron chi connectivity index (χ0n) is 18.6. The summed E-state index contributed by atoms with van der Waals surface area (Å²) in [5, 5.41) is 14.8. The van der Waals surface area contributed by atoms with Crippen molar-refractivity contribution in [1.82, 2.24) is 14.5 Å². The number of piperazine rings is 1. The number of ether oxygens (including phenoxy) is 1. The highest BCUT2D eigenvalue weighted by molar-refractivity contribution is 8.14. The zero-order valence-corrected chi connectivity index (χ0v) is 19.4. The van der Waals surface area contributed by atoms with Crippen LogP contribution >= 0.6 is 11.8 Å². The van der Waals surface area contributed by atoms with Crippen molar-refractivity contribution in [2.24, 2.45) is 5.10 Å². The Morgan fingerprint density at radius 3 is 2.50 bits per heavy atom. The number of carboxylic acid groups (broad SMARTS) is 1. The number of thioether (sulfide) groups is 1. The van der Waals surface area contributed by atoms with Crippen molar-refractivity contribution < 1.29 is 23.8 Å². The van der Waals surface area contributed by atoms with Crippen molar-refractivity contribution in [3.05, 3.63) is 33.9 Å². The third-order valence-corrected chi connectivity index (χ3v) is 7.38. The lowest BCUT2D eigenvalue weighted by molar-refractivity contribution is 0.0694. The van der Waals surface area contributed by atoms with E-state index in [4.69, 9.17) is 4.74 Å². The van der Waals surface area contributed by atoms with E-state index >= 15 is 4.39 Å². The van der Waals surface area contributed by atoms with E-state index < -0.39 is 28.9 Å². The molecular weight excluding hydrogens is 465 g/mol. The Hall–Kier alpha value is -3.28. The van der Waals surface area contributed by atoms with Crippen LogP contribution in [0.5, 0.6) is 0 Å². The average molecular weight is 490 g/mol. The second-order valence-corrected chi connectivity index (χ2v) is 9.28. The molecule has 10 nitrogen and oxygen atoms in total. The first-order valence-corrected chi connectivity index (χ1v) is 12.0. The highest BCUT2D eigenvalue weighted by Crippen LogP contribution is 2.42. The maximum Gasteiger partial charge on any atom is 0.409 e. The van der Waals surface area contributed by atoms with Gasteiger partial charge in [0.2, 0.25) is 5.43 Å². The van der Waals surface area contributed by atoms with Gasteiger partial charge in [-0.25, -0.2) is 18.7 Å². The Bertz CT molecular complexity index is 1260. The first kappa shape index (κ1) is 22.5. The number of hydrogen-bond acceptors (Lipinski definition) is 8. The Balaban J connectivity index is 1.61. The number of likely N-dealkylation sites (tertiary alicyclic amines) is 1. The summed E-state index contributed by atoms with van der Waals surface area (Å²) in [6.07, 6.45) is 2.85. The largest absolute Gasteiger partial charge is 0.477 e. The SMILES string of the molecule is CCOC(=O)N1CCN(c2c(F)cc3c(=O)c(C(=O)O)cn4c3c2SC(N2CCCC2)=N4)CC1. The van der Waals surface area contributed by atoms with Crippen LogP contribution in [0.25, 0.3) is 10.9 Å². The number of halogens is 1. The standard InChI is InChI=1S/C22H24FN5O5S/c1-2-33-22(32)27-9-7-25(8-10-27)17-15(23)11-13-16-19(17)34-21(26-5-3-4-6-26)24-28(16)12-14(18(13)29)20(30)31/h11-12H,2-10H2,1H3,(H,30,31). The Labute approximate surface area is 198 Å². The molecule has 12 heteroatoms. The molecule has 0 bridgehead atoms. The molecule has 4 heterocycles. The van der Waals surface area contributed by atoms with Gasteiger partial charge in [0.1, 0.15) is 11.4 Å². The maximum absolute atomic E-state index is 15.6. The van der Waals surface area contributed by atoms with Crippen LogP contribution in [0.1, 0.15) is 30.1 Å².